The van der Waals surface area contributed by atoms with Crippen LogP contribution in [0.5, 0.6) is 0 Å². The van der Waals surface area contributed by atoms with Crippen LogP contribution in [0.25, 0.3) is 11.1 Å². The fraction of sp³-hybridized carbons (Fsp3) is 0.238. The minimum atomic E-state index is -3.03. The van der Waals surface area contributed by atoms with Gasteiger partial charge >= 0.3 is 0 Å². The Hall–Kier alpha value is -2.93. The largest absolute Gasteiger partial charge is 0.348 e. The zero-order valence-electron chi connectivity index (χ0n) is 15.3. The van der Waals surface area contributed by atoms with Crippen LogP contribution in [0.1, 0.15) is 22.3 Å². The van der Waals surface area contributed by atoms with Crippen molar-refractivity contribution in [3.05, 3.63) is 78.1 Å². The quantitative estimate of drug-likeness (QED) is 0.720. The molecule has 0 aliphatic carbocycles. The third-order valence-electron chi connectivity index (χ3n) is 4.91. The molecule has 2 aromatic carbocycles. The van der Waals surface area contributed by atoms with E-state index < -0.39 is 9.84 Å². The number of rotatable bonds is 5. The zero-order valence-corrected chi connectivity index (χ0v) is 16.1. The number of carbonyl (C=O) groups is 1. The van der Waals surface area contributed by atoms with Gasteiger partial charge in [0, 0.05) is 24.0 Å². The molecule has 1 aliphatic heterocycles. The lowest BCUT2D eigenvalue weighted by molar-refractivity contribution is 0.0942. The van der Waals surface area contributed by atoms with Crippen LogP contribution < -0.4 is 5.32 Å². The first-order valence-corrected chi connectivity index (χ1v) is 11.0. The molecule has 0 saturated carbocycles. The first-order valence-electron chi connectivity index (χ1n) is 9.17. The zero-order chi connectivity index (χ0) is 19.6. The average molecular weight is 395 g/mol. The number of nitrogens with zero attached hydrogens (tertiary/aromatic N) is 2. The van der Waals surface area contributed by atoms with Crippen LogP contribution in [0.3, 0.4) is 0 Å². The van der Waals surface area contributed by atoms with Crippen molar-refractivity contribution in [3.63, 3.8) is 0 Å². The molecule has 1 saturated heterocycles. The van der Waals surface area contributed by atoms with Gasteiger partial charge in [-0.05, 0) is 35.2 Å². The first kappa shape index (κ1) is 18.4. The maximum absolute atomic E-state index is 12.8. The summed E-state index contributed by atoms with van der Waals surface area (Å²) in [5, 5.41) is 7.08. The van der Waals surface area contributed by atoms with Crippen LogP contribution in [-0.4, -0.2) is 41.7 Å². The molecule has 1 atom stereocenters. The summed E-state index contributed by atoms with van der Waals surface area (Å²) in [6, 6.07) is 17.0. The summed E-state index contributed by atoms with van der Waals surface area (Å²) in [5.74, 6) is -0.0846. The van der Waals surface area contributed by atoms with Gasteiger partial charge in [0.1, 0.15) is 0 Å². The highest BCUT2D eigenvalue weighted by molar-refractivity contribution is 7.91. The molecule has 1 N–H and O–H groups in total. The van der Waals surface area contributed by atoms with E-state index in [-0.39, 0.29) is 23.5 Å². The van der Waals surface area contributed by atoms with E-state index in [2.05, 4.69) is 10.4 Å². The van der Waals surface area contributed by atoms with Gasteiger partial charge in [0.25, 0.3) is 5.91 Å². The van der Waals surface area contributed by atoms with Crippen LogP contribution in [0.4, 0.5) is 0 Å². The number of hydrogen-bond acceptors (Lipinski definition) is 4. The van der Waals surface area contributed by atoms with Gasteiger partial charge in [0.15, 0.2) is 9.84 Å². The van der Waals surface area contributed by atoms with Crippen LogP contribution in [-0.2, 0) is 16.4 Å². The summed E-state index contributed by atoms with van der Waals surface area (Å²) in [7, 11) is -3.03. The first-order chi connectivity index (χ1) is 13.5. The highest BCUT2D eigenvalue weighted by Crippen LogP contribution is 2.25. The van der Waals surface area contributed by atoms with E-state index in [1.165, 1.54) is 0 Å². The molecular weight excluding hydrogens is 374 g/mol. The highest BCUT2D eigenvalue weighted by atomic mass is 32.2. The Labute approximate surface area is 164 Å². The molecule has 2 heterocycles. The van der Waals surface area contributed by atoms with Gasteiger partial charge in [-0.15, -0.1) is 0 Å². The predicted molar refractivity (Wildman–Crippen MR) is 108 cm³/mol. The van der Waals surface area contributed by atoms with E-state index in [4.69, 9.17) is 0 Å². The molecule has 1 aliphatic rings. The molecule has 0 radical (unpaired) electrons. The van der Waals surface area contributed by atoms with Crippen molar-refractivity contribution in [1.82, 2.24) is 15.1 Å². The van der Waals surface area contributed by atoms with E-state index in [1.807, 2.05) is 59.4 Å². The van der Waals surface area contributed by atoms with E-state index in [0.717, 1.165) is 16.7 Å². The molecular formula is C21H21N3O3S. The Kier molecular flexibility index (Phi) is 5.00. The lowest BCUT2D eigenvalue weighted by Gasteiger charge is -2.14. The second-order valence-electron chi connectivity index (χ2n) is 7.02. The van der Waals surface area contributed by atoms with Gasteiger partial charge in [-0.3, -0.25) is 9.48 Å². The fourth-order valence-electron chi connectivity index (χ4n) is 3.48. The number of amides is 1. The van der Waals surface area contributed by atoms with Crippen LogP contribution in [0, 0.1) is 0 Å². The summed E-state index contributed by atoms with van der Waals surface area (Å²) in [4.78, 5) is 12.8. The van der Waals surface area contributed by atoms with Crippen molar-refractivity contribution in [2.45, 2.75) is 19.0 Å². The molecule has 6 nitrogen and oxygen atoms in total. The minimum absolute atomic E-state index is 0.0169. The van der Waals surface area contributed by atoms with Gasteiger partial charge in [0.2, 0.25) is 0 Å². The molecule has 1 amide bonds. The average Bonchev–Trinajstić information content (AvgIpc) is 3.31. The van der Waals surface area contributed by atoms with Crippen molar-refractivity contribution >= 4 is 15.7 Å². The van der Waals surface area contributed by atoms with Gasteiger partial charge in [-0.2, -0.15) is 5.10 Å². The third-order valence-corrected chi connectivity index (χ3v) is 6.68. The topological polar surface area (TPSA) is 81.1 Å². The molecule has 144 valence electrons. The SMILES string of the molecule is O=C(N[C@H]1CCS(=O)(=O)C1)c1ccccc1-c1ccc(Cn2cccn2)cc1. The molecule has 7 heteroatoms. The van der Waals surface area contributed by atoms with E-state index in [9.17, 15) is 13.2 Å². The van der Waals surface area contributed by atoms with Crippen LogP contribution in [0.2, 0.25) is 0 Å². The molecule has 1 aromatic heterocycles. The molecule has 1 fully saturated rings. The predicted octanol–water partition coefficient (Wildman–Crippen LogP) is 2.52. The third kappa shape index (κ3) is 4.14. The lowest BCUT2D eigenvalue weighted by atomic mass is 9.98. The second kappa shape index (κ2) is 7.59. The second-order valence-corrected chi connectivity index (χ2v) is 9.25. The van der Waals surface area contributed by atoms with Crippen molar-refractivity contribution < 1.29 is 13.2 Å². The summed E-state index contributed by atoms with van der Waals surface area (Å²) in [5.41, 5.74) is 3.43. The van der Waals surface area contributed by atoms with E-state index in [0.29, 0.717) is 18.5 Å². The van der Waals surface area contributed by atoms with E-state index >= 15 is 0 Å². The lowest BCUT2D eigenvalue weighted by Crippen LogP contribution is -2.35. The van der Waals surface area contributed by atoms with Crippen molar-refractivity contribution in [3.8, 4) is 11.1 Å². The Morgan fingerprint density at radius 1 is 1.11 bits per heavy atom. The Morgan fingerprint density at radius 2 is 1.89 bits per heavy atom. The van der Waals surface area contributed by atoms with E-state index in [1.54, 1.807) is 12.3 Å². The number of hydrogen-bond donors (Lipinski definition) is 1. The Bertz CT molecular complexity index is 1070. The molecule has 28 heavy (non-hydrogen) atoms. The molecule has 4 rings (SSSR count). The normalized spacial score (nSPS) is 18.1. The van der Waals surface area contributed by atoms with Gasteiger partial charge < -0.3 is 5.32 Å². The van der Waals surface area contributed by atoms with Crippen LogP contribution >= 0.6 is 0 Å². The maximum Gasteiger partial charge on any atom is 0.252 e. The number of aromatic nitrogens is 2. The summed E-state index contributed by atoms with van der Waals surface area (Å²) < 4.78 is 25.1. The highest BCUT2D eigenvalue weighted by Gasteiger charge is 2.29. The monoisotopic (exact) mass is 395 g/mol. The number of nitrogens with one attached hydrogen (secondary N) is 1. The van der Waals surface area contributed by atoms with Crippen molar-refractivity contribution in [2.24, 2.45) is 0 Å². The molecule has 3 aromatic rings. The summed E-state index contributed by atoms with van der Waals surface area (Å²) >= 11 is 0. The molecule has 0 unspecified atom stereocenters. The summed E-state index contributed by atoms with van der Waals surface area (Å²) in [6.07, 6.45) is 4.13. The van der Waals surface area contributed by atoms with Gasteiger partial charge in [-0.1, -0.05) is 42.5 Å². The van der Waals surface area contributed by atoms with Crippen molar-refractivity contribution in [1.29, 1.82) is 0 Å². The Morgan fingerprint density at radius 3 is 2.57 bits per heavy atom. The van der Waals surface area contributed by atoms with Crippen LogP contribution in [0.15, 0.2) is 67.0 Å². The maximum atomic E-state index is 12.8. The van der Waals surface area contributed by atoms with Gasteiger partial charge in [0.05, 0.1) is 18.1 Å². The van der Waals surface area contributed by atoms with Gasteiger partial charge in [-0.25, -0.2) is 8.42 Å². The number of benzene rings is 2. The number of sulfone groups is 1. The molecule has 0 spiro atoms. The number of carbonyl (C=O) groups excluding carboxylic acids is 1. The summed E-state index contributed by atoms with van der Waals surface area (Å²) in [6.45, 7) is 0.686. The molecule has 0 bridgehead atoms. The van der Waals surface area contributed by atoms with Crippen molar-refractivity contribution in [2.75, 3.05) is 11.5 Å². The standard InChI is InChI=1S/C21H21N3O3S/c25-21(23-18-10-13-28(26,27)15-18)20-5-2-1-4-19(20)17-8-6-16(7-9-17)14-24-12-3-11-22-24/h1-9,11-12,18H,10,13-15H2,(H,23,25)/t18-/m0/s1. The Balaban J connectivity index is 1.53. The fourth-order valence-corrected chi connectivity index (χ4v) is 5.15. The minimum Gasteiger partial charge on any atom is -0.348 e. The smallest absolute Gasteiger partial charge is 0.252 e.